The SMILES string of the molecule is CCCCc1ccc(S2(c3ccc(CCCC)cc3)CC(P(c3ccccc3)c3ccccc3)=C3[SiH]=c4sc(P(c5ccccc5)c5ccccc5)cc4=C32)cc1. The molecule has 0 aliphatic carbocycles. The Morgan fingerprint density at radius 1 is 0.526 bits per heavy atom. The van der Waals surface area contributed by atoms with Gasteiger partial charge in [0.25, 0.3) is 0 Å². The van der Waals surface area contributed by atoms with Gasteiger partial charge >= 0.3 is 0 Å². The standard InChI is InChI=1S/C52H50P2S2Si/c1-3-5-19-39-29-33-45(34-30-39)56(46-35-31-40(32-36-46)20-6-4-2)38-48(53(41-21-11-7-12-22-41)42-23-13-8-14-24-42)51-50(56)47-37-49(55-52(47)57-51)54(43-25-15-9-16-26-43)44-27-17-10-18-28-44/h7-18,21-37,57H,3-6,19-20,38H2,1-2H3. The third kappa shape index (κ3) is 7.59. The van der Waals surface area contributed by atoms with E-state index in [1.165, 1.54) is 72.4 Å². The van der Waals surface area contributed by atoms with E-state index in [0.717, 1.165) is 18.6 Å². The van der Waals surface area contributed by atoms with Crippen molar-refractivity contribution in [2.45, 2.75) is 62.2 Å². The van der Waals surface area contributed by atoms with Crippen molar-refractivity contribution >= 4 is 77.1 Å². The molecule has 9 rings (SSSR count). The lowest BCUT2D eigenvalue weighted by Gasteiger charge is -2.40. The monoisotopic (exact) mass is 828 g/mol. The molecule has 0 bridgehead atoms. The molecule has 5 heteroatoms. The molecular weight excluding hydrogens is 779 g/mol. The van der Waals surface area contributed by atoms with Crippen LogP contribution in [0.1, 0.15) is 50.7 Å². The summed E-state index contributed by atoms with van der Waals surface area (Å²) in [4.78, 5) is 4.73. The molecule has 0 radical (unpaired) electrons. The zero-order valence-electron chi connectivity index (χ0n) is 33.0. The highest BCUT2D eigenvalue weighted by atomic mass is 32.3. The zero-order chi connectivity index (χ0) is 38.6. The Bertz CT molecular complexity index is 2470. The fourth-order valence-electron chi connectivity index (χ4n) is 8.51. The Balaban J connectivity index is 1.33. The fourth-order valence-corrected chi connectivity index (χ4v) is 24.0. The van der Waals surface area contributed by atoms with Crippen molar-refractivity contribution in [3.8, 4) is 0 Å². The van der Waals surface area contributed by atoms with Crippen LogP contribution in [-0.2, 0) is 12.8 Å². The largest absolute Gasteiger partial charge is 0.155 e. The average Bonchev–Trinajstić information content (AvgIpc) is 3.94. The second-order valence-corrected chi connectivity index (χ2v) is 25.9. The quantitative estimate of drug-likeness (QED) is 0.0757. The molecule has 284 valence electrons. The van der Waals surface area contributed by atoms with Crippen LogP contribution in [0.4, 0.5) is 0 Å². The summed E-state index contributed by atoms with van der Waals surface area (Å²) in [6.07, 6.45) is 7.21. The molecule has 6 aromatic carbocycles. The second-order valence-electron chi connectivity index (χ2n) is 15.1. The van der Waals surface area contributed by atoms with Gasteiger partial charge in [-0.1, -0.05) is 172 Å². The minimum absolute atomic E-state index is 0.0465. The Hall–Kier alpha value is -3.94. The minimum Gasteiger partial charge on any atom is -0.155 e. The van der Waals surface area contributed by atoms with Crippen molar-refractivity contribution in [3.63, 3.8) is 0 Å². The molecule has 0 saturated carbocycles. The van der Waals surface area contributed by atoms with Crippen LogP contribution in [0.25, 0.3) is 4.91 Å². The number of fused-ring (bicyclic) bond motifs is 2. The predicted molar refractivity (Wildman–Crippen MR) is 257 cm³/mol. The Labute approximate surface area is 349 Å². The topological polar surface area (TPSA) is 0 Å². The van der Waals surface area contributed by atoms with Crippen LogP contribution in [0, 0.1) is 4.13 Å². The number of benzene rings is 6. The summed E-state index contributed by atoms with van der Waals surface area (Å²) < 4.78 is 3.17. The van der Waals surface area contributed by atoms with Crippen LogP contribution in [0.2, 0.25) is 0 Å². The maximum atomic E-state index is 2.68. The highest BCUT2D eigenvalue weighted by Gasteiger charge is 2.46. The van der Waals surface area contributed by atoms with Crippen LogP contribution in [-0.4, -0.2) is 14.9 Å². The van der Waals surface area contributed by atoms with E-state index in [-0.39, 0.29) is 9.13 Å². The molecular formula is C52H50P2S2Si. The van der Waals surface area contributed by atoms with E-state index in [1.54, 1.807) is 24.8 Å². The van der Waals surface area contributed by atoms with Gasteiger partial charge < -0.3 is 0 Å². The molecule has 0 atom stereocenters. The molecule has 0 amide bonds. The van der Waals surface area contributed by atoms with Gasteiger partial charge in [0.1, 0.15) is 0 Å². The lowest BCUT2D eigenvalue weighted by atomic mass is 10.1. The lowest BCUT2D eigenvalue weighted by molar-refractivity contribution is 0.794. The molecule has 2 aliphatic heterocycles. The van der Waals surface area contributed by atoms with Gasteiger partial charge in [-0.25, -0.2) is 0 Å². The Kier molecular flexibility index (Phi) is 11.8. The van der Waals surface area contributed by atoms with E-state index < -0.39 is 25.9 Å². The number of unbranched alkanes of at least 4 members (excludes halogenated alkanes) is 2. The second kappa shape index (κ2) is 17.5. The van der Waals surface area contributed by atoms with Crippen molar-refractivity contribution in [2.24, 2.45) is 0 Å². The summed E-state index contributed by atoms with van der Waals surface area (Å²) in [6.45, 7) is 4.60. The van der Waals surface area contributed by atoms with E-state index in [9.17, 15) is 0 Å². The van der Waals surface area contributed by atoms with Crippen LogP contribution in [0.3, 0.4) is 0 Å². The van der Waals surface area contributed by atoms with Crippen molar-refractivity contribution in [3.05, 3.63) is 207 Å². The molecule has 7 aromatic rings. The van der Waals surface area contributed by atoms with E-state index >= 15 is 0 Å². The first-order chi connectivity index (χ1) is 28.2. The third-order valence-electron chi connectivity index (χ3n) is 11.4. The first kappa shape index (κ1) is 38.6. The van der Waals surface area contributed by atoms with E-state index in [2.05, 4.69) is 201 Å². The normalized spacial score (nSPS) is 14.8. The van der Waals surface area contributed by atoms with E-state index in [4.69, 9.17) is 0 Å². The summed E-state index contributed by atoms with van der Waals surface area (Å²) in [7, 11) is -3.08. The number of aryl methyl sites for hydroxylation is 2. The Morgan fingerprint density at radius 2 is 0.947 bits per heavy atom. The summed E-state index contributed by atoms with van der Waals surface area (Å²) in [5, 5.41) is 10.8. The van der Waals surface area contributed by atoms with E-state index in [1.807, 2.05) is 0 Å². The van der Waals surface area contributed by atoms with Crippen molar-refractivity contribution in [1.29, 1.82) is 0 Å². The van der Waals surface area contributed by atoms with Crippen LogP contribution in [0.15, 0.2) is 196 Å². The van der Waals surface area contributed by atoms with Gasteiger partial charge in [0, 0.05) is 24.6 Å². The molecule has 3 heterocycles. The predicted octanol–water partition coefficient (Wildman–Crippen LogP) is 11.3. The van der Waals surface area contributed by atoms with Crippen molar-refractivity contribution in [2.75, 3.05) is 5.75 Å². The molecule has 0 nitrogen and oxygen atoms in total. The molecule has 0 saturated heterocycles. The summed E-state index contributed by atoms with van der Waals surface area (Å²) in [5.41, 5.74) is 2.92. The van der Waals surface area contributed by atoms with Crippen LogP contribution in [0.5, 0.6) is 0 Å². The summed E-state index contributed by atoms with van der Waals surface area (Å²) in [6, 6.07) is 68.3. The number of rotatable bonds is 14. The fraction of sp³-hybridized carbons (Fsp3) is 0.173. The maximum absolute atomic E-state index is 2.68. The van der Waals surface area contributed by atoms with Gasteiger partial charge in [-0.3, -0.25) is 0 Å². The zero-order valence-corrected chi connectivity index (χ0v) is 37.6. The molecule has 0 fully saturated rings. The molecule has 2 aliphatic rings. The number of hydrogen-bond acceptors (Lipinski definition) is 1. The van der Waals surface area contributed by atoms with Crippen LogP contribution >= 0.6 is 37.2 Å². The minimum atomic E-state index is -1.64. The molecule has 57 heavy (non-hydrogen) atoms. The molecule has 0 spiro atoms. The smallest absolute Gasteiger partial charge is 0.0543 e. The van der Waals surface area contributed by atoms with Gasteiger partial charge in [0.15, 0.2) is 0 Å². The van der Waals surface area contributed by atoms with Gasteiger partial charge in [-0.05, 0) is 125 Å². The molecule has 1 aromatic heterocycles. The van der Waals surface area contributed by atoms with Gasteiger partial charge in [0.2, 0.25) is 0 Å². The van der Waals surface area contributed by atoms with Gasteiger partial charge in [-0.15, -0.1) is 11.3 Å². The lowest BCUT2D eigenvalue weighted by Crippen LogP contribution is -2.19. The summed E-state index contributed by atoms with van der Waals surface area (Å²) in [5.74, 6) is 1.10. The highest BCUT2D eigenvalue weighted by molar-refractivity contribution is 8.41. The third-order valence-corrected chi connectivity index (χ3v) is 24.6. The molecule has 0 unspecified atom stereocenters. The first-order valence-corrected chi connectivity index (χ1v) is 27.0. The van der Waals surface area contributed by atoms with E-state index in [0.29, 0.717) is 0 Å². The van der Waals surface area contributed by atoms with Crippen LogP contribution < -0.4 is 31.1 Å². The number of thiophene rings is 1. The van der Waals surface area contributed by atoms with Gasteiger partial charge in [0.05, 0.1) is 9.13 Å². The van der Waals surface area contributed by atoms with Crippen molar-refractivity contribution < 1.29 is 0 Å². The Morgan fingerprint density at radius 3 is 1.37 bits per heavy atom. The average molecular weight is 829 g/mol. The van der Waals surface area contributed by atoms with Crippen molar-refractivity contribution in [1.82, 2.24) is 0 Å². The maximum Gasteiger partial charge on any atom is 0.0543 e. The molecule has 0 N–H and O–H groups in total. The number of hydrogen-bond donors (Lipinski definition) is 0. The first-order valence-electron chi connectivity index (χ1n) is 20.6. The highest BCUT2D eigenvalue weighted by Crippen LogP contribution is 2.77. The summed E-state index contributed by atoms with van der Waals surface area (Å²) >= 11 is 2.13. The van der Waals surface area contributed by atoms with Gasteiger partial charge in [-0.2, -0.15) is 10.0 Å².